The monoisotopic (exact) mass is 610 g/mol. The first-order chi connectivity index (χ1) is 16.3. The third kappa shape index (κ3) is 5.37. The number of carboxylic acids is 1. The number of ketones is 1. The molecule has 0 amide bonds. The average Bonchev–Trinajstić information content (AvgIpc) is 3.41. The van der Waals surface area contributed by atoms with E-state index in [0.29, 0.717) is 36.4 Å². The van der Waals surface area contributed by atoms with E-state index in [4.69, 9.17) is 21.4 Å². The van der Waals surface area contributed by atoms with Crippen LogP contribution in [-0.2, 0) is 11.2 Å². The molecule has 0 atom stereocenters. The van der Waals surface area contributed by atoms with Crippen LogP contribution in [0.5, 0.6) is 5.75 Å². The van der Waals surface area contributed by atoms with Gasteiger partial charge in [-0.15, -0.1) is 16.4 Å². The summed E-state index contributed by atoms with van der Waals surface area (Å²) in [4.78, 5) is 36.3. The van der Waals surface area contributed by atoms with E-state index in [1.165, 1.54) is 26.7 Å². The van der Waals surface area contributed by atoms with Gasteiger partial charge in [0, 0.05) is 31.2 Å². The molecule has 0 saturated heterocycles. The van der Waals surface area contributed by atoms with Crippen LogP contribution in [0.25, 0.3) is 11.4 Å². The molecule has 0 aliphatic heterocycles. The van der Waals surface area contributed by atoms with Crippen LogP contribution in [0.1, 0.15) is 21.8 Å². The van der Waals surface area contributed by atoms with Crippen molar-refractivity contribution >= 4 is 57.3 Å². The van der Waals surface area contributed by atoms with Crippen LogP contribution in [0.3, 0.4) is 0 Å². The zero-order valence-electron chi connectivity index (χ0n) is 17.4. The number of thiophene rings is 1. The number of ether oxygens (including phenoxy) is 1. The van der Waals surface area contributed by atoms with E-state index in [1.807, 2.05) is 0 Å². The molecular weight excluding hydrogens is 595 g/mol. The summed E-state index contributed by atoms with van der Waals surface area (Å²) < 4.78 is 9.64. The third-order valence-corrected chi connectivity index (χ3v) is 7.09. The first-order valence-corrected chi connectivity index (χ1v) is 12.2. The van der Waals surface area contributed by atoms with Gasteiger partial charge in [-0.2, -0.15) is 0 Å². The highest BCUT2D eigenvalue weighted by atomic mass is 127. The van der Waals surface area contributed by atoms with Crippen molar-refractivity contribution in [3.8, 4) is 17.1 Å². The molecular formula is C22H16ClIN4O5S. The molecule has 0 saturated carbocycles. The maximum atomic E-state index is 12.4. The number of hydrogen-bond donors (Lipinski definition) is 1. The van der Waals surface area contributed by atoms with E-state index < -0.39 is 12.6 Å². The van der Waals surface area contributed by atoms with Gasteiger partial charge in [-0.05, 0) is 52.9 Å². The van der Waals surface area contributed by atoms with Gasteiger partial charge in [0.1, 0.15) is 15.1 Å². The fourth-order valence-electron chi connectivity index (χ4n) is 3.15. The van der Waals surface area contributed by atoms with Gasteiger partial charge >= 0.3 is 5.97 Å². The van der Waals surface area contributed by atoms with Crippen LogP contribution >= 0.6 is 45.5 Å². The fourth-order valence-corrected chi connectivity index (χ4v) is 4.90. The topological polar surface area (TPSA) is 116 Å². The molecule has 0 aliphatic carbocycles. The molecule has 9 nitrogen and oxygen atoms in total. The second kappa shape index (κ2) is 10.5. The lowest BCUT2D eigenvalue weighted by Crippen LogP contribution is -2.17. The first-order valence-electron chi connectivity index (χ1n) is 9.89. The Morgan fingerprint density at radius 3 is 2.71 bits per heavy atom. The van der Waals surface area contributed by atoms with Gasteiger partial charge in [0.15, 0.2) is 12.4 Å². The van der Waals surface area contributed by atoms with E-state index >= 15 is 0 Å². The van der Waals surface area contributed by atoms with Gasteiger partial charge in [0.05, 0.1) is 20.6 Å². The second-order valence-corrected chi connectivity index (χ2v) is 9.75. The van der Waals surface area contributed by atoms with Crippen molar-refractivity contribution in [2.75, 3.05) is 6.61 Å². The summed E-state index contributed by atoms with van der Waals surface area (Å²) in [7, 11) is 0. The number of halogens is 2. The number of carboxylic acid groups (broad SMARTS) is 1. The number of aromatic nitrogens is 4. The zero-order valence-corrected chi connectivity index (χ0v) is 21.1. The van der Waals surface area contributed by atoms with Gasteiger partial charge < -0.3 is 9.84 Å². The van der Waals surface area contributed by atoms with Crippen molar-refractivity contribution in [1.82, 2.24) is 19.6 Å². The Morgan fingerprint density at radius 1 is 1.18 bits per heavy atom. The maximum Gasteiger partial charge on any atom is 0.341 e. The lowest BCUT2D eigenvalue weighted by atomic mass is 10.1. The molecule has 3 heterocycles. The minimum absolute atomic E-state index is 0.0367. The molecule has 0 aliphatic rings. The summed E-state index contributed by atoms with van der Waals surface area (Å²) in [5, 5.41) is 17.5. The van der Waals surface area contributed by atoms with Gasteiger partial charge in [-0.3, -0.25) is 14.2 Å². The molecule has 4 rings (SSSR count). The molecule has 174 valence electrons. The number of aliphatic carboxylic acids is 1. The molecule has 0 fully saturated rings. The lowest BCUT2D eigenvalue weighted by molar-refractivity contribution is -0.139. The van der Waals surface area contributed by atoms with Gasteiger partial charge in [-0.1, -0.05) is 22.9 Å². The normalized spacial score (nSPS) is 10.9. The number of pyridine rings is 1. The summed E-state index contributed by atoms with van der Waals surface area (Å²) in [5.41, 5.74) is 1.33. The minimum atomic E-state index is -1.14. The minimum Gasteiger partial charge on any atom is -0.480 e. The van der Waals surface area contributed by atoms with Crippen molar-refractivity contribution in [3.05, 3.63) is 83.7 Å². The van der Waals surface area contributed by atoms with Crippen molar-refractivity contribution in [2.45, 2.75) is 12.8 Å². The number of carbonyl (C=O) groups excluding carboxylic acids is 1. The Bertz CT molecular complexity index is 1430. The van der Waals surface area contributed by atoms with Crippen LogP contribution in [-0.4, -0.2) is 43.0 Å². The fraction of sp³-hybridized carbons (Fsp3) is 0.136. The number of hydrogen-bond acceptors (Lipinski definition) is 7. The zero-order chi connectivity index (χ0) is 24.2. The Morgan fingerprint density at radius 2 is 2.00 bits per heavy atom. The van der Waals surface area contributed by atoms with E-state index in [0.717, 1.165) is 0 Å². The third-order valence-electron chi connectivity index (χ3n) is 4.74. The summed E-state index contributed by atoms with van der Waals surface area (Å²) in [6.07, 6.45) is 2.21. The molecule has 0 unspecified atom stereocenters. The molecule has 12 heteroatoms. The Labute approximate surface area is 215 Å². The van der Waals surface area contributed by atoms with Crippen LogP contribution < -0.4 is 10.3 Å². The van der Waals surface area contributed by atoms with Crippen molar-refractivity contribution in [1.29, 1.82) is 0 Å². The number of nitrogens with zero attached hydrogens (tertiary/aromatic N) is 4. The maximum absolute atomic E-state index is 12.4. The highest BCUT2D eigenvalue weighted by Gasteiger charge is 2.19. The Balaban J connectivity index is 1.63. The number of Topliss-reactive ketones (excluding diaryl/α,β-unsaturated/α-hetero) is 1. The summed E-state index contributed by atoms with van der Waals surface area (Å²) in [5.74, 6) is -0.964. The van der Waals surface area contributed by atoms with E-state index in [1.54, 1.807) is 48.7 Å². The van der Waals surface area contributed by atoms with Crippen LogP contribution in [0.2, 0.25) is 4.34 Å². The van der Waals surface area contributed by atoms with Crippen molar-refractivity contribution < 1.29 is 19.4 Å². The van der Waals surface area contributed by atoms with Crippen molar-refractivity contribution in [3.63, 3.8) is 0 Å². The quantitative estimate of drug-likeness (QED) is 0.225. The average molecular weight is 611 g/mol. The van der Waals surface area contributed by atoms with E-state index in [-0.39, 0.29) is 23.5 Å². The first kappa shape index (κ1) is 24.1. The van der Waals surface area contributed by atoms with Crippen LogP contribution in [0, 0.1) is 3.70 Å². The van der Waals surface area contributed by atoms with E-state index in [9.17, 15) is 14.4 Å². The molecule has 0 spiro atoms. The molecule has 0 radical (unpaired) electrons. The largest absolute Gasteiger partial charge is 0.480 e. The van der Waals surface area contributed by atoms with Crippen molar-refractivity contribution in [2.24, 2.45) is 0 Å². The molecule has 1 aromatic carbocycles. The lowest BCUT2D eigenvalue weighted by Gasteiger charge is -2.13. The number of carbonyl (C=O) groups is 2. The standard InChI is InChI=1S/C22H16ClIN4O5S/c23-19-9-8-18(34-19)16(29)7-5-14-22(24)28(26-25-14)15-6-4-13(11-17(15)33-12-21(31)32)27-10-2-1-3-20(27)30/h1-4,6,8-11H,5,7,12H2,(H,31,32). The molecule has 1 N–H and O–H groups in total. The summed E-state index contributed by atoms with van der Waals surface area (Å²) in [6.45, 7) is -0.573. The SMILES string of the molecule is O=C(O)COc1cc(-n2ccccc2=O)ccc1-n1nnc(CCC(=O)c2ccc(Cl)s2)c1I. The van der Waals surface area contributed by atoms with Gasteiger partial charge in [-0.25, -0.2) is 9.48 Å². The molecule has 0 bridgehead atoms. The van der Waals surface area contributed by atoms with Gasteiger partial charge in [0.25, 0.3) is 5.56 Å². The predicted molar refractivity (Wildman–Crippen MR) is 135 cm³/mol. The highest BCUT2D eigenvalue weighted by molar-refractivity contribution is 14.1. The predicted octanol–water partition coefficient (Wildman–Crippen LogP) is 4.02. The van der Waals surface area contributed by atoms with Crippen LogP contribution in [0.15, 0.2) is 59.5 Å². The Kier molecular flexibility index (Phi) is 7.44. The molecule has 4 aromatic rings. The molecule has 34 heavy (non-hydrogen) atoms. The number of benzene rings is 1. The number of aryl methyl sites for hydroxylation is 1. The van der Waals surface area contributed by atoms with Crippen LogP contribution in [0.4, 0.5) is 0 Å². The second-order valence-electron chi connectivity index (χ2n) is 7.01. The van der Waals surface area contributed by atoms with E-state index in [2.05, 4.69) is 32.9 Å². The Hall–Kier alpha value is -3.03. The summed E-state index contributed by atoms with van der Waals surface area (Å²) >= 11 is 9.21. The summed E-state index contributed by atoms with van der Waals surface area (Å²) in [6, 6.07) is 13.1. The number of rotatable bonds is 9. The smallest absolute Gasteiger partial charge is 0.341 e. The molecule has 3 aromatic heterocycles. The highest BCUT2D eigenvalue weighted by Crippen LogP contribution is 2.28. The van der Waals surface area contributed by atoms with Gasteiger partial charge in [0.2, 0.25) is 0 Å².